The van der Waals surface area contributed by atoms with Crippen molar-refractivity contribution in [1.82, 2.24) is 0 Å². The molecule has 0 heterocycles. The Balaban J connectivity index is 2.93. The van der Waals surface area contributed by atoms with Crippen molar-refractivity contribution in [3.05, 3.63) is 0 Å². The van der Waals surface area contributed by atoms with E-state index in [1.54, 1.807) is 0 Å². The molecule has 1 unspecified atom stereocenters. The Labute approximate surface area is 101 Å². The zero-order valence-electron chi connectivity index (χ0n) is 11.2. The maximum Gasteiger partial charge on any atom is 0.0537 e. The molecule has 1 N–H and O–H groups in total. The van der Waals surface area contributed by atoms with Crippen LogP contribution in [0, 0.1) is 0 Å². The molecule has 0 aliphatic carbocycles. The van der Waals surface area contributed by atoms with Gasteiger partial charge in [0.25, 0.3) is 0 Å². The molecular formula is C14H30O2. The first-order chi connectivity index (χ1) is 7.81. The number of unbranched alkanes of at least 4 members (excludes halogenated alkanes) is 5. The summed E-state index contributed by atoms with van der Waals surface area (Å²) in [5.41, 5.74) is 0. The molecule has 0 aromatic rings. The van der Waals surface area contributed by atoms with E-state index in [9.17, 15) is 5.11 Å². The number of rotatable bonds is 12. The second kappa shape index (κ2) is 13.0. The van der Waals surface area contributed by atoms with Crippen LogP contribution in [-0.4, -0.2) is 24.4 Å². The van der Waals surface area contributed by atoms with Crippen LogP contribution in [0.5, 0.6) is 0 Å². The average Bonchev–Trinajstić information content (AvgIpc) is 2.31. The largest absolute Gasteiger partial charge is 0.393 e. The van der Waals surface area contributed by atoms with E-state index in [-0.39, 0.29) is 6.10 Å². The molecule has 0 amide bonds. The molecule has 0 aromatic heterocycles. The molecule has 0 bridgehead atoms. The van der Waals surface area contributed by atoms with E-state index in [1.807, 2.05) is 6.92 Å². The SMILES string of the molecule is CCCCOCCCCCCCC(O)CC. The third-order valence-corrected chi connectivity index (χ3v) is 2.94. The van der Waals surface area contributed by atoms with Crippen molar-refractivity contribution < 1.29 is 9.84 Å². The van der Waals surface area contributed by atoms with Gasteiger partial charge < -0.3 is 9.84 Å². The van der Waals surface area contributed by atoms with Gasteiger partial charge in [0.05, 0.1) is 6.10 Å². The van der Waals surface area contributed by atoms with Crippen LogP contribution >= 0.6 is 0 Å². The minimum absolute atomic E-state index is 0.0719. The van der Waals surface area contributed by atoms with Crippen molar-refractivity contribution in [3.63, 3.8) is 0 Å². The minimum Gasteiger partial charge on any atom is -0.393 e. The molecule has 2 heteroatoms. The smallest absolute Gasteiger partial charge is 0.0537 e. The van der Waals surface area contributed by atoms with E-state index >= 15 is 0 Å². The van der Waals surface area contributed by atoms with Gasteiger partial charge in [-0.15, -0.1) is 0 Å². The first-order valence-corrected chi connectivity index (χ1v) is 7.07. The Hall–Kier alpha value is -0.0800. The lowest BCUT2D eigenvalue weighted by atomic mass is 10.1. The van der Waals surface area contributed by atoms with E-state index < -0.39 is 0 Å². The van der Waals surface area contributed by atoms with Crippen molar-refractivity contribution >= 4 is 0 Å². The molecule has 16 heavy (non-hydrogen) atoms. The zero-order valence-corrected chi connectivity index (χ0v) is 11.2. The molecule has 0 aliphatic rings. The monoisotopic (exact) mass is 230 g/mol. The van der Waals surface area contributed by atoms with Gasteiger partial charge in [-0.3, -0.25) is 0 Å². The molecule has 1 atom stereocenters. The molecule has 0 spiro atoms. The summed E-state index contributed by atoms with van der Waals surface area (Å²) in [5, 5.41) is 9.36. The van der Waals surface area contributed by atoms with Crippen LogP contribution in [0.1, 0.15) is 71.6 Å². The van der Waals surface area contributed by atoms with Crippen LogP contribution in [0.4, 0.5) is 0 Å². The van der Waals surface area contributed by atoms with Gasteiger partial charge in [0.2, 0.25) is 0 Å². The predicted octanol–water partition coefficient (Wildman–Crippen LogP) is 3.91. The molecular weight excluding hydrogens is 200 g/mol. The number of hydrogen-bond acceptors (Lipinski definition) is 2. The third kappa shape index (κ3) is 12.0. The Morgan fingerprint density at radius 1 is 0.875 bits per heavy atom. The lowest BCUT2D eigenvalue weighted by molar-refractivity contribution is 0.126. The van der Waals surface area contributed by atoms with Crippen LogP contribution in [0.15, 0.2) is 0 Å². The summed E-state index contributed by atoms with van der Waals surface area (Å²) in [6, 6.07) is 0. The van der Waals surface area contributed by atoms with Crippen molar-refractivity contribution in [3.8, 4) is 0 Å². The molecule has 0 fully saturated rings. The first-order valence-electron chi connectivity index (χ1n) is 7.07. The second-order valence-electron chi connectivity index (χ2n) is 4.58. The van der Waals surface area contributed by atoms with Crippen molar-refractivity contribution in [2.75, 3.05) is 13.2 Å². The summed E-state index contributed by atoms with van der Waals surface area (Å²) in [7, 11) is 0. The van der Waals surface area contributed by atoms with Crippen molar-refractivity contribution in [1.29, 1.82) is 0 Å². The Kier molecular flexibility index (Phi) is 12.9. The average molecular weight is 230 g/mol. The number of aliphatic hydroxyl groups is 1. The van der Waals surface area contributed by atoms with E-state index in [1.165, 1.54) is 44.9 Å². The van der Waals surface area contributed by atoms with E-state index in [0.29, 0.717) is 0 Å². The van der Waals surface area contributed by atoms with Gasteiger partial charge in [0, 0.05) is 13.2 Å². The standard InChI is InChI=1S/C14H30O2/c1-3-5-12-16-13-10-8-6-7-9-11-14(15)4-2/h14-15H,3-13H2,1-2H3. The molecule has 0 aromatic carbocycles. The Morgan fingerprint density at radius 3 is 2.19 bits per heavy atom. The maximum atomic E-state index is 9.36. The summed E-state index contributed by atoms with van der Waals surface area (Å²) in [6.07, 6.45) is 10.4. The van der Waals surface area contributed by atoms with Crippen LogP contribution < -0.4 is 0 Å². The molecule has 0 rings (SSSR count). The summed E-state index contributed by atoms with van der Waals surface area (Å²) < 4.78 is 5.50. The minimum atomic E-state index is -0.0719. The molecule has 0 saturated carbocycles. The van der Waals surface area contributed by atoms with Gasteiger partial charge >= 0.3 is 0 Å². The predicted molar refractivity (Wildman–Crippen MR) is 69.7 cm³/mol. The lowest BCUT2D eigenvalue weighted by Gasteiger charge is -2.07. The van der Waals surface area contributed by atoms with Crippen LogP contribution in [-0.2, 0) is 4.74 Å². The van der Waals surface area contributed by atoms with Crippen molar-refractivity contribution in [2.24, 2.45) is 0 Å². The van der Waals surface area contributed by atoms with E-state index in [4.69, 9.17) is 4.74 Å². The Morgan fingerprint density at radius 2 is 1.50 bits per heavy atom. The maximum absolute atomic E-state index is 9.36. The van der Waals surface area contributed by atoms with Gasteiger partial charge in [-0.05, 0) is 25.7 Å². The van der Waals surface area contributed by atoms with Gasteiger partial charge in [-0.1, -0.05) is 46.0 Å². The summed E-state index contributed by atoms with van der Waals surface area (Å²) in [5.74, 6) is 0. The van der Waals surface area contributed by atoms with Crippen LogP contribution in [0.3, 0.4) is 0 Å². The number of hydrogen-bond donors (Lipinski definition) is 1. The van der Waals surface area contributed by atoms with Gasteiger partial charge in [0.15, 0.2) is 0 Å². The fraction of sp³-hybridized carbons (Fsp3) is 1.00. The fourth-order valence-electron chi connectivity index (χ4n) is 1.67. The highest BCUT2D eigenvalue weighted by atomic mass is 16.5. The summed E-state index contributed by atoms with van der Waals surface area (Å²) in [4.78, 5) is 0. The van der Waals surface area contributed by atoms with Gasteiger partial charge in [-0.2, -0.15) is 0 Å². The van der Waals surface area contributed by atoms with Crippen LogP contribution in [0.2, 0.25) is 0 Å². The van der Waals surface area contributed by atoms with Crippen molar-refractivity contribution in [2.45, 2.75) is 77.7 Å². The lowest BCUT2D eigenvalue weighted by Crippen LogP contribution is -2.03. The Bertz CT molecular complexity index is 126. The normalized spacial score (nSPS) is 12.9. The molecule has 0 radical (unpaired) electrons. The second-order valence-corrected chi connectivity index (χ2v) is 4.58. The highest BCUT2D eigenvalue weighted by Crippen LogP contribution is 2.09. The quantitative estimate of drug-likeness (QED) is 0.515. The zero-order chi connectivity index (χ0) is 12.1. The number of aliphatic hydroxyl groups excluding tert-OH is 1. The summed E-state index contributed by atoms with van der Waals surface area (Å²) in [6.45, 7) is 6.09. The van der Waals surface area contributed by atoms with Gasteiger partial charge in [-0.25, -0.2) is 0 Å². The topological polar surface area (TPSA) is 29.5 Å². The van der Waals surface area contributed by atoms with Gasteiger partial charge in [0.1, 0.15) is 0 Å². The number of ether oxygens (including phenoxy) is 1. The highest BCUT2D eigenvalue weighted by Gasteiger charge is 1.99. The first kappa shape index (κ1) is 15.9. The highest BCUT2D eigenvalue weighted by molar-refractivity contribution is 4.53. The molecule has 98 valence electrons. The van der Waals surface area contributed by atoms with E-state index in [2.05, 4.69) is 6.92 Å². The fourth-order valence-corrected chi connectivity index (χ4v) is 1.67. The van der Waals surface area contributed by atoms with Crippen LogP contribution in [0.25, 0.3) is 0 Å². The third-order valence-electron chi connectivity index (χ3n) is 2.94. The molecule has 0 saturated heterocycles. The van der Waals surface area contributed by atoms with E-state index in [0.717, 1.165) is 26.1 Å². The molecule has 2 nitrogen and oxygen atoms in total. The molecule has 0 aliphatic heterocycles. The summed E-state index contributed by atoms with van der Waals surface area (Å²) >= 11 is 0.